The highest BCUT2D eigenvalue weighted by Crippen LogP contribution is 2.33. The Balaban J connectivity index is 1.16. The molecule has 0 radical (unpaired) electrons. The molecular formula is C25H26ClN3O4. The van der Waals surface area contributed by atoms with Crippen molar-refractivity contribution in [3.63, 3.8) is 0 Å². The number of hydrogen-bond acceptors (Lipinski definition) is 7. The Kier molecular flexibility index (Phi) is 6.35. The fourth-order valence-corrected chi connectivity index (χ4v) is 4.51. The number of aryl methyl sites for hydroxylation is 1. The van der Waals surface area contributed by atoms with Crippen molar-refractivity contribution in [1.29, 1.82) is 0 Å². The lowest BCUT2D eigenvalue weighted by Crippen LogP contribution is -2.40. The molecule has 1 fully saturated rings. The van der Waals surface area contributed by atoms with Gasteiger partial charge in [-0.1, -0.05) is 29.8 Å². The monoisotopic (exact) mass is 467 g/mol. The van der Waals surface area contributed by atoms with Gasteiger partial charge in [-0.25, -0.2) is 0 Å². The van der Waals surface area contributed by atoms with E-state index in [0.29, 0.717) is 41.3 Å². The van der Waals surface area contributed by atoms with Crippen LogP contribution in [0, 0.1) is 6.92 Å². The van der Waals surface area contributed by atoms with Crippen molar-refractivity contribution in [2.45, 2.75) is 31.8 Å². The van der Waals surface area contributed by atoms with Crippen LogP contribution in [0.25, 0.3) is 22.6 Å². The summed E-state index contributed by atoms with van der Waals surface area (Å²) in [7, 11) is 0. The van der Waals surface area contributed by atoms with Gasteiger partial charge in [0.25, 0.3) is 5.89 Å². The summed E-state index contributed by atoms with van der Waals surface area (Å²) in [4.78, 5) is 2.30. The molecule has 1 aliphatic heterocycles. The maximum absolute atomic E-state index is 10.6. The van der Waals surface area contributed by atoms with Crippen LogP contribution in [0.2, 0.25) is 5.02 Å². The molecule has 0 amide bonds. The zero-order valence-electron chi connectivity index (χ0n) is 18.4. The number of β-amino-alcohol motifs (C(OH)–C–C–N with tert-alkyl or cyclic N) is 1. The molecule has 0 spiro atoms. The lowest BCUT2D eigenvalue weighted by atomic mass is 9.89. The minimum atomic E-state index is -0.586. The van der Waals surface area contributed by atoms with Gasteiger partial charge in [0.05, 0.1) is 5.39 Å². The first-order chi connectivity index (χ1) is 16.0. The van der Waals surface area contributed by atoms with Gasteiger partial charge in [0.2, 0.25) is 5.89 Å². The van der Waals surface area contributed by atoms with Crippen molar-refractivity contribution in [1.82, 2.24) is 15.1 Å². The second-order valence-corrected chi connectivity index (χ2v) is 8.93. The first-order valence-electron chi connectivity index (χ1n) is 11.2. The zero-order chi connectivity index (χ0) is 22.8. The van der Waals surface area contributed by atoms with E-state index < -0.39 is 6.10 Å². The van der Waals surface area contributed by atoms with Crippen molar-refractivity contribution in [2.24, 2.45) is 0 Å². The number of likely N-dealkylation sites (tertiary alicyclic amines) is 1. The fraction of sp³-hybridized carbons (Fsp3) is 0.360. The van der Waals surface area contributed by atoms with Crippen LogP contribution in [-0.4, -0.2) is 52.5 Å². The van der Waals surface area contributed by atoms with Gasteiger partial charge >= 0.3 is 0 Å². The molecular weight excluding hydrogens is 442 g/mol. The molecule has 8 heteroatoms. The number of furan rings is 1. The average Bonchev–Trinajstić information content (AvgIpc) is 3.45. The van der Waals surface area contributed by atoms with Crippen molar-refractivity contribution >= 4 is 22.6 Å². The molecule has 1 aliphatic rings. The van der Waals surface area contributed by atoms with Crippen LogP contribution in [0.3, 0.4) is 0 Å². The van der Waals surface area contributed by atoms with E-state index in [4.69, 9.17) is 25.2 Å². The molecule has 0 bridgehead atoms. The van der Waals surface area contributed by atoms with E-state index in [-0.39, 0.29) is 6.61 Å². The predicted molar refractivity (Wildman–Crippen MR) is 126 cm³/mol. The number of nitrogens with zero attached hydrogens (tertiary/aromatic N) is 3. The molecule has 1 unspecified atom stereocenters. The zero-order valence-corrected chi connectivity index (χ0v) is 19.2. The molecule has 1 N–H and O–H groups in total. The summed E-state index contributed by atoms with van der Waals surface area (Å²) in [5, 5.41) is 20.0. The van der Waals surface area contributed by atoms with Gasteiger partial charge < -0.3 is 23.6 Å². The Labute approximate surface area is 196 Å². The quantitative estimate of drug-likeness (QED) is 0.406. The minimum Gasteiger partial charge on any atom is -0.490 e. The molecule has 0 saturated carbocycles. The molecule has 4 aromatic rings. The van der Waals surface area contributed by atoms with Crippen LogP contribution in [0.5, 0.6) is 5.75 Å². The second-order valence-electron chi connectivity index (χ2n) is 8.50. The largest absolute Gasteiger partial charge is 0.490 e. The molecule has 7 nitrogen and oxygen atoms in total. The van der Waals surface area contributed by atoms with Gasteiger partial charge in [-0.3, -0.25) is 0 Å². The number of hydrogen-bond donors (Lipinski definition) is 1. The molecule has 5 rings (SSSR count). The molecule has 0 aliphatic carbocycles. The smallest absolute Gasteiger partial charge is 0.283 e. The molecule has 3 heterocycles. The number of aromatic nitrogens is 2. The van der Waals surface area contributed by atoms with E-state index in [1.807, 2.05) is 36.4 Å². The van der Waals surface area contributed by atoms with Crippen LogP contribution in [0.1, 0.15) is 30.2 Å². The SMILES string of the molecule is Cc1nnc(-c2cc3c(OCC(O)CN4CCC(c5ccc(Cl)cc5)CC4)cccc3o2)o1. The van der Waals surface area contributed by atoms with E-state index in [1.54, 1.807) is 6.92 Å². The maximum atomic E-state index is 10.6. The Morgan fingerprint density at radius 2 is 1.91 bits per heavy atom. The summed E-state index contributed by atoms with van der Waals surface area (Å²) >= 11 is 6.00. The fourth-order valence-electron chi connectivity index (χ4n) is 4.38. The normalized spacial score (nSPS) is 16.3. The van der Waals surface area contributed by atoms with Crippen LogP contribution in [0.15, 0.2) is 57.4 Å². The Hall–Kier alpha value is -2.87. The van der Waals surface area contributed by atoms with Crippen LogP contribution in [0.4, 0.5) is 0 Å². The molecule has 172 valence electrons. The highest BCUT2D eigenvalue weighted by Gasteiger charge is 2.23. The van der Waals surface area contributed by atoms with Crippen molar-refractivity contribution in [3.05, 3.63) is 65.0 Å². The van der Waals surface area contributed by atoms with Gasteiger partial charge in [0.1, 0.15) is 24.0 Å². The summed E-state index contributed by atoms with van der Waals surface area (Å²) in [6.07, 6.45) is 1.56. The van der Waals surface area contributed by atoms with Crippen molar-refractivity contribution < 1.29 is 18.7 Å². The summed E-state index contributed by atoms with van der Waals surface area (Å²) < 4.78 is 17.3. The standard InChI is InChI=1S/C25H26ClN3O4/c1-16-27-28-25(32-16)24-13-21-22(3-2-4-23(21)33-24)31-15-20(30)14-29-11-9-18(10-12-29)17-5-7-19(26)8-6-17/h2-8,13,18,20,30H,9-12,14-15H2,1H3. The summed E-state index contributed by atoms with van der Waals surface area (Å²) in [5.74, 6) is 2.49. The lowest BCUT2D eigenvalue weighted by Gasteiger charge is -2.33. The van der Waals surface area contributed by atoms with Gasteiger partial charge in [0, 0.05) is 24.6 Å². The number of rotatable bonds is 7. The van der Waals surface area contributed by atoms with Gasteiger partial charge in [0.15, 0.2) is 5.76 Å². The van der Waals surface area contributed by atoms with Gasteiger partial charge in [-0.05, 0) is 61.7 Å². The van der Waals surface area contributed by atoms with Crippen molar-refractivity contribution in [2.75, 3.05) is 26.2 Å². The lowest BCUT2D eigenvalue weighted by molar-refractivity contribution is 0.0599. The van der Waals surface area contributed by atoms with Crippen LogP contribution in [-0.2, 0) is 0 Å². The number of halogens is 1. The van der Waals surface area contributed by atoms with E-state index >= 15 is 0 Å². The average molecular weight is 468 g/mol. The third-order valence-electron chi connectivity index (χ3n) is 6.09. The second kappa shape index (κ2) is 9.55. The number of benzene rings is 2. The summed E-state index contributed by atoms with van der Waals surface area (Å²) in [6.45, 7) is 4.43. The van der Waals surface area contributed by atoms with Gasteiger partial charge in [-0.15, -0.1) is 10.2 Å². The Bertz CT molecular complexity index is 1210. The van der Waals surface area contributed by atoms with Crippen LogP contribution < -0.4 is 4.74 Å². The molecule has 1 atom stereocenters. The van der Waals surface area contributed by atoms with Gasteiger partial charge in [-0.2, -0.15) is 0 Å². The highest BCUT2D eigenvalue weighted by molar-refractivity contribution is 6.30. The Morgan fingerprint density at radius 3 is 2.64 bits per heavy atom. The number of piperidine rings is 1. The summed E-state index contributed by atoms with van der Waals surface area (Å²) in [6, 6.07) is 15.6. The third-order valence-corrected chi connectivity index (χ3v) is 6.34. The molecule has 33 heavy (non-hydrogen) atoms. The third kappa shape index (κ3) is 5.05. The first-order valence-corrected chi connectivity index (χ1v) is 11.5. The maximum Gasteiger partial charge on any atom is 0.283 e. The van der Waals surface area contributed by atoms with E-state index in [1.165, 1.54) is 5.56 Å². The highest BCUT2D eigenvalue weighted by atomic mass is 35.5. The number of aliphatic hydroxyl groups excluding tert-OH is 1. The van der Waals surface area contributed by atoms with Crippen LogP contribution >= 0.6 is 11.6 Å². The minimum absolute atomic E-state index is 0.205. The Morgan fingerprint density at radius 1 is 1.12 bits per heavy atom. The molecule has 1 saturated heterocycles. The van der Waals surface area contributed by atoms with E-state index in [9.17, 15) is 5.11 Å². The molecule has 2 aromatic heterocycles. The van der Waals surface area contributed by atoms with E-state index in [2.05, 4.69) is 27.2 Å². The number of ether oxygens (including phenoxy) is 1. The number of aliphatic hydroxyl groups is 1. The first kappa shape index (κ1) is 21.9. The van der Waals surface area contributed by atoms with Crippen molar-refractivity contribution in [3.8, 4) is 17.4 Å². The predicted octanol–water partition coefficient (Wildman–Crippen LogP) is 5.06. The number of fused-ring (bicyclic) bond motifs is 1. The topological polar surface area (TPSA) is 84.8 Å². The van der Waals surface area contributed by atoms with E-state index in [0.717, 1.165) is 36.3 Å². The molecule has 2 aromatic carbocycles. The summed E-state index contributed by atoms with van der Waals surface area (Å²) in [5.41, 5.74) is 2.00.